The largest absolute Gasteiger partial charge is 0.338 e. The van der Waals surface area contributed by atoms with E-state index in [4.69, 9.17) is 10.3 Å². The summed E-state index contributed by atoms with van der Waals surface area (Å²) in [5.41, 5.74) is 6.72. The number of nitrogens with two attached hydrogens (primary N) is 1. The fraction of sp³-hybridized carbons (Fsp3) is 0.733. The SMILES string of the molecule is CC1CC(N)CN(CC(=O)Nc2cc(C(C)(C)C)no2)C1. The van der Waals surface area contributed by atoms with Crippen LogP contribution in [-0.2, 0) is 10.2 Å². The van der Waals surface area contributed by atoms with Crippen LogP contribution in [0, 0.1) is 5.92 Å². The molecule has 1 aliphatic rings. The Morgan fingerprint density at radius 3 is 2.81 bits per heavy atom. The lowest BCUT2D eigenvalue weighted by Crippen LogP contribution is -2.48. The Hall–Kier alpha value is -1.40. The van der Waals surface area contributed by atoms with Crippen LogP contribution in [0.25, 0.3) is 0 Å². The van der Waals surface area contributed by atoms with E-state index in [-0.39, 0.29) is 17.4 Å². The van der Waals surface area contributed by atoms with E-state index < -0.39 is 0 Å². The van der Waals surface area contributed by atoms with E-state index in [0.717, 1.165) is 25.2 Å². The van der Waals surface area contributed by atoms with Crippen LogP contribution in [0.3, 0.4) is 0 Å². The summed E-state index contributed by atoms with van der Waals surface area (Å²) >= 11 is 0. The summed E-state index contributed by atoms with van der Waals surface area (Å²) < 4.78 is 5.17. The van der Waals surface area contributed by atoms with Gasteiger partial charge in [0.05, 0.1) is 12.2 Å². The Bertz CT molecular complexity index is 482. The van der Waals surface area contributed by atoms with Gasteiger partial charge in [-0.2, -0.15) is 0 Å². The second kappa shape index (κ2) is 6.15. The van der Waals surface area contributed by atoms with Crippen LogP contribution >= 0.6 is 0 Å². The summed E-state index contributed by atoms with van der Waals surface area (Å²) in [6, 6.07) is 1.93. The highest BCUT2D eigenvalue weighted by Gasteiger charge is 2.24. The quantitative estimate of drug-likeness (QED) is 0.884. The number of carbonyl (C=O) groups is 1. The third kappa shape index (κ3) is 4.54. The third-order valence-corrected chi connectivity index (χ3v) is 3.68. The van der Waals surface area contributed by atoms with E-state index in [9.17, 15) is 4.79 Å². The lowest BCUT2D eigenvalue weighted by molar-refractivity contribution is -0.117. The Kier molecular flexibility index (Phi) is 4.68. The van der Waals surface area contributed by atoms with Crippen molar-refractivity contribution in [3.8, 4) is 0 Å². The summed E-state index contributed by atoms with van der Waals surface area (Å²) in [5.74, 6) is 0.839. The summed E-state index contributed by atoms with van der Waals surface area (Å²) in [6.45, 7) is 10.3. The van der Waals surface area contributed by atoms with Crippen molar-refractivity contribution in [3.05, 3.63) is 11.8 Å². The molecule has 1 aromatic heterocycles. The first-order chi connectivity index (χ1) is 9.74. The van der Waals surface area contributed by atoms with Gasteiger partial charge in [-0.15, -0.1) is 0 Å². The van der Waals surface area contributed by atoms with Gasteiger partial charge < -0.3 is 10.3 Å². The number of amides is 1. The lowest BCUT2D eigenvalue weighted by Gasteiger charge is -2.34. The van der Waals surface area contributed by atoms with Crippen molar-refractivity contribution in [2.45, 2.75) is 45.6 Å². The van der Waals surface area contributed by atoms with E-state index in [0.29, 0.717) is 18.3 Å². The molecule has 118 valence electrons. The highest BCUT2D eigenvalue weighted by Crippen LogP contribution is 2.23. The Morgan fingerprint density at radius 1 is 1.52 bits per heavy atom. The highest BCUT2D eigenvalue weighted by atomic mass is 16.5. The molecule has 21 heavy (non-hydrogen) atoms. The predicted molar refractivity (Wildman–Crippen MR) is 82.0 cm³/mol. The van der Waals surface area contributed by atoms with E-state index in [1.54, 1.807) is 6.07 Å². The fourth-order valence-corrected chi connectivity index (χ4v) is 2.71. The maximum atomic E-state index is 12.1. The number of nitrogens with zero attached hydrogens (tertiary/aromatic N) is 2. The number of nitrogens with one attached hydrogen (secondary N) is 1. The maximum absolute atomic E-state index is 12.1. The Morgan fingerprint density at radius 2 is 2.24 bits per heavy atom. The molecule has 1 saturated heterocycles. The molecule has 0 aromatic carbocycles. The van der Waals surface area contributed by atoms with Crippen LogP contribution in [0.1, 0.15) is 39.8 Å². The average Bonchev–Trinajstić information content (AvgIpc) is 2.75. The molecule has 0 bridgehead atoms. The van der Waals surface area contributed by atoms with Crippen LogP contribution in [0.2, 0.25) is 0 Å². The monoisotopic (exact) mass is 294 g/mol. The first-order valence-corrected chi connectivity index (χ1v) is 7.49. The molecule has 0 radical (unpaired) electrons. The molecule has 2 atom stereocenters. The second-order valence-electron chi connectivity index (χ2n) is 7.17. The van der Waals surface area contributed by atoms with Crippen molar-refractivity contribution in [2.75, 3.05) is 25.0 Å². The number of aromatic nitrogens is 1. The average molecular weight is 294 g/mol. The third-order valence-electron chi connectivity index (χ3n) is 3.68. The lowest BCUT2D eigenvalue weighted by atomic mass is 9.92. The molecule has 2 unspecified atom stereocenters. The molecule has 2 heterocycles. The van der Waals surface area contributed by atoms with E-state index in [1.807, 2.05) is 20.8 Å². The number of rotatable bonds is 3. The summed E-state index contributed by atoms with van der Waals surface area (Å²) in [4.78, 5) is 14.2. The number of anilines is 1. The van der Waals surface area contributed by atoms with Crippen LogP contribution in [0.5, 0.6) is 0 Å². The summed E-state index contributed by atoms with van der Waals surface area (Å²) in [6.07, 6.45) is 1.02. The number of piperidine rings is 1. The number of hydrogen-bond donors (Lipinski definition) is 2. The number of carbonyl (C=O) groups excluding carboxylic acids is 1. The highest BCUT2D eigenvalue weighted by molar-refractivity contribution is 5.91. The fourth-order valence-electron chi connectivity index (χ4n) is 2.71. The van der Waals surface area contributed by atoms with Gasteiger partial charge in [0.1, 0.15) is 0 Å². The molecular formula is C15H26N4O2. The zero-order valence-electron chi connectivity index (χ0n) is 13.3. The minimum Gasteiger partial charge on any atom is -0.338 e. The van der Waals surface area contributed by atoms with Crippen molar-refractivity contribution < 1.29 is 9.32 Å². The standard InChI is InChI=1S/C15H26N4O2/c1-10-5-11(16)8-19(7-10)9-13(20)17-14-6-12(18-21-14)15(2,3)4/h6,10-11H,5,7-9,16H2,1-4H3,(H,17,20). The van der Waals surface area contributed by atoms with Crippen LogP contribution in [0.15, 0.2) is 10.6 Å². The minimum atomic E-state index is -0.0957. The van der Waals surface area contributed by atoms with Gasteiger partial charge in [0, 0.05) is 30.6 Å². The van der Waals surface area contributed by atoms with E-state index >= 15 is 0 Å². The van der Waals surface area contributed by atoms with Crippen molar-refractivity contribution in [3.63, 3.8) is 0 Å². The molecule has 3 N–H and O–H groups in total. The molecule has 6 heteroatoms. The van der Waals surface area contributed by atoms with Gasteiger partial charge >= 0.3 is 0 Å². The molecular weight excluding hydrogens is 268 g/mol. The van der Waals surface area contributed by atoms with Crippen molar-refractivity contribution >= 4 is 11.8 Å². The molecule has 1 amide bonds. The number of hydrogen-bond acceptors (Lipinski definition) is 5. The second-order valence-corrected chi connectivity index (χ2v) is 7.17. The number of likely N-dealkylation sites (tertiary alicyclic amines) is 1. The smallest absolute Gasteiger partial charge is 0.240 e. The van der Waals surface area contributed by atoms with Gasteiger partial charge in [0.2, 0.25) is 11.8 Å². The summed E-state index contributed by atoms with van der Waals surface area (Å²) in [5, 5.41) is 6.75. The molecule has 0 saturated carbocycles. The van der Waals surface area contributed by atoms with Crippen molar-refractivity contribution in [1.82, 2.24) is 10.1 Å². The maximum Gasteiger partial charge on any atom is 0.240 e. The molecule has 0 aliphatic carbocycles. The van der Waals surface area contributed by atoms with Crippen LogP contribution in [-0.4, -0.2) is 41.6 Å². The first kappa shape index (κ1) is 16.0. The molecule has 1 aromatic rings. The first-order valence-electron chi connectivity index (χ1n) is 7.49. The van der Waals surface area contributed by atoms with Gasteiger partial charge in [-0.3, -0.25) is 15.0 Å². The molecule has 6 nitrogen and oxygen atoms in total. The van der Waals surface area contributed by atoms with Gasteiger partial charge in [-0.25, -0.2) is 0 Å². The topological polar surface area (TPSA) is 84.4 Å². The van der Waals surface area contributed by atoms with Gasteiger partial charge in [-0.05, 0) is 12.3 Å². The Balaban J connectivity index is 1.88. The van der Waals surface area contributed by atoms with E-state index in [1.165, 1.54) is 0 Å². The van der Waals surface area contributed by atoms with Crippen LogP contribution in [0.4, 0.5) is 5.88 Å². The van der Waals surface area contributed by atoms with Crippen LogP contribution < -0.4 is 11.1 Å². The zero-order chi connectivity index (χ0) is 15.6. The minimum absolute atomic E-state index is 0.0899. The Labute approximate surface area is 126 Å². The molecule has 0 spiro atoms. The zero-order valence-corrected chi connectivity index (χ0v) is 13.3. The summed E-state index contributed by atoms with van der Waals surface area (Å²) in [7, 11) is 0. The molecule has 2 rings (SSSR count). The molecule has 1 aliphatic heterocycles. The van der Waals surface area contributed by atoms with Gasteiger partial charge in [0.25, 0.3) is 0 Å². The normalized spacial score (nSPS) is 24.0. The van der Waals surface area contributed by atoms with Gasteiger partial charge in [-0.1, -0.05) is 32.9 Å². The van der Waals surface area contributed by atoms with Crippen molar-refractivity contribution in [2.24, 2.45) is 11.7 Å². The predicted octanol–water partition coefficient (Wildman–Crippen LogP) is 1.58. The van der Waals surface area contributed by atoms with Crippen molar-refractivity contribution in [1.29, 1.82) is 0 Å². The van der Waals surface area contributed by atoms with E-state index in [2.05, 4.69) is 22.3 Å². The molecule has 1 fully saturated rings. The van der Waals surface area contributed by atoms with Gasteiger partial charge in [0.15, 0.2) is 0 Å².